The van der Waals surface area contributed by atoms with Gasteiger partial charge in [-0.1, -0.05) is 31.1 Å². The molecule has 0 aromatic heterocycles. The topological polar surface area (TPSA) is 60.4 Å². The monoisotopic (exact) mass is 410 g/mol. The summed E-state index contributed by atoms with van der Waals surface area (Å²) in [6, 6.07) is 15.6. The van der Waals surface area contributed by atoms with Crippen LogP contribution >= 0.6 is 0 Å². The molecule has 2 aromatic rings. The summed E-state index contributed by atoms with van der Waals surface area (Å²) in [6.07, 6.45) is 1.00. The summed E-state index contributed by atoms with van der Waals surface area (Å²) in [5, 5.41) is 4.27. The molecule has 1 atom stereocenters. The van der Waals surface area contributed by atoms with Gasteiger partial charge in [0.05, 0.1) is 26.5 Å². The zero-order valence-electron chi connectivity index (χ0n) is 18.1. The first-order valence-electron chi connectivity index (χ1n) is 10.3. The van der Waals surface area contributed by atoms with Crippen molar-refractivity contribution in [3.63, 3.8) is 0 Å². The lowest BCUT2D eigenvalue weighted by Crippen LogP contribution is -2.37. The van der Waals surface area contributed by atoms with E-state index >= 15 is 0 Å². The van der Waals surface area contributed by atoms with Gasteiger partial charge >= 0.3 is 0 Å². The van der Waals surface area contributed by atoms with Crippen LogP contribution in [0.3, 0.4) is 0 Å². The number of methoxy groups -OCH3 is 2. The van der Waals surface area contributed by atoms with Crippen molar-refractivity contribution in [2.75, 3.05) is 20.8 Å². The number of benzene rings is 2. The van der Waals surface area contributed by atoms with Crippen LogP contribution in [-0.2, 0) is 16.2 Å². The number of carbonyl (C=O) groups excluding carboxylic acids is 1. The van der Waals surface area contributed by atoms with Gasteiger partial charge in [-0.2, -0.15) is 0 Å². The zero-order chi connectivity index (χ0) is 21.5. The van der Waals surface area contributed by atoms with Gasteiger partial charge in [-0.05, 0) is 53.4 Å². The summed E-state index contributed by atoms with van der Waals surface area (Å²) >= 11 is 0. The minimum absolute atomic E-state index is 0.120. The van der Waals surface area contributed by atoms with Crippen LogP contribution in [0.4, 0.5) is 0 Å². The predicted octanol–water partition coefficient (Wildman–Crippen LogP) is 4.27. The molecule has 0 unspecified atom stereocenters. The van der Waals surface area contributed by atoms with E-state index < -0.39 is 0 Å². The van der Waals surface area contributed by atoms with E-state index in [0.717, 1.165) is 28.3 Å². The average Bonchev–Trinajstić information content (AvgIpc) is 3.21. The molecule has 0 radical (unpaired) electrons. The van der Waals surface area contributed by atoms with E-state index in [1.54, 1.807) is 14.2 Å². The van der Waals surface area contributed by atoms with Gasteiger partial charge in [-0.25, -0.2) is 0 Å². The van der Waals surface area contributed by atoms with Crippen molar-refractivity contribution in [2.24, 2.45) is 11.1 Å². The molecule has 1 aliphatic heterocycles. The molecule has 6 nitrogen and oxygen atoms in total. The summed E-state index contributed by atoms with van der Waals surface area (Å²) in [6.45, 7) is 5.11. The molecule has 6 heteroatoms. The van der Waals surface area contributed by atoms with Crippen LogP contribution in [0, 0.1) is 5.92 Å². The Kier molecular flexibility index (Phi) is 7.33. The van der Waals surface area contributed by atoms with E-state index in [0.29, 0.717) is 31.8 Å². The molecule has 0 fully saturated rings. The van der Waals surface area contributed by atoms with E-state index in [9.17, 15) is 4.79 Å². The number of carbonyl (C=O) groups is 1. The van der Waals surface area contributed by atoms with Crippen molar-refractivity contribution in [1.29, 1.82) is 0 Å². The normalized spacial score (nSPS) is 15.5. The number of hydrogen-bond acceptors (Lipinski definition) is 5. The third-order valence-electron chi connectivity index (χ3n) is 5.02. The van der Waals surface area contributed by atoms with E-state index in [-0.39, 0.29) is 12.0 Å². The Morgan fingerprint density at radius 1 is 1.13 bits per heavy atom. The van der Waals surface area contributed by atoms with Crippen LogP contribution in [0.1, 0.15) is 37.8 Å². The Morgan fingerprint density at radius 2 is 1.87 bits per heavy atom. The van der Waals surface area contributed by atoms with Crippen molar-refractivity contribution >= 4 is 11.6 Å². The van der Waals surface area contributed by atoms with Crippen molar-refractivity contribution in [3.8, 4) is 11.5 Å². The Hall–Kier alpha value is -3.02. The molecule has 0 aliphatic carbocycles. The molecular weight excluding hydrogens is 380 g/mol. The summed E-state index contributed by atoms with van der Waals surface area (Å²) in [5.74, 6) is 2.00. The maximum Gasteiger partial charge on any atom is 0.223 e. The molecule has 30 heavy (non-hydrogen) atoms. The lowest BCUT2D eigenvalue weighted by Gasteiger charge is -2.26. The summed E-state index contributed by atoms with van der Waals surface area (Å²) in [7, 11) is 3.29. The van der Waals surface area contributed by atoms with Crippen molar-refractivity contribution in [2.45, 2.75) is 39.3 Å². The fourth-order valence-electron chi connectivity index (χ4n) is 3.45. The molecule has 0 bridgehead atoms. The highest BCUT2D eigenvalue weighted by atomic mass is 16.6. The standard InChI is InChI=1S/C24H30N2O4/c1-17(2)12-24(27)26(15-18-6-5-7-21(13-18)29-4)16-22-14-23(25-30-22)19-8-10-20(28-3)11-9-19/h5-11,13,17,22H,12,14-16H2,1-4H3/t22-/m0/s1. The summed E-state index contributed by atoms with van der Waals surface area (Å²) in [5.41, 5.74) is 2.92. The first-order valence-corrected chi connectivity index (χ1v) is 10.3. The highest BCUT2D eigenvalue weighted by Crippen LogP contribution is 2.22. The Balaban J connectivity index is 1.67. The number of hydrogen-bond donors (Lipinski definition) is 0. The van der Waals surface area contributed by atoms with Crippen LogP contribution in [0.2, 0.25) is 0 Å². The van der Waals surface area contributed by atoms with Gasteiger partial charge in [0.15, 0.2) is 6.10 Å². The SMILES string of the molecule is COc1ccc(C2=NO[C@H](CN(Cc3cccc(OC)c3)C(=O)CC(C)C)C2)cc1. The maximum absolute atomic E-state index is 12.9. The van der Waals surface area contributed by atoms with Gasteiger partial charge < -0.3 is 19.2 Å². The van der Waals surface area contributed by atoms with Crippen LogP contribution in [-0.4, -0.2) is 43.4 Å². The summed E-state index contributed by atoms with van der Waals surface area (Å²) in [4.78, 5) is 20.5. The predicted molar refractivity (Wildman–Crippen MR) is 117 cm³/mol. The molecule has 160 valence electrons. The minimum atomic E-state index is -0.163. The van der Waals surface area contributed by atoms with E-state index in [4.69, 9.17) is 14.3 Å². The number of ether oxygens (including phenoxy) is 2. The second kappa shape index (κ2) is 10.1. The van der Waals surface area contributed by atoms with Crippen LogP contribution in [0.15, 0.2) is 53.7 Å². The van der Waals surface area contributed by atoms with Crippen molar-refractivity contribution in [3.05, 3.63) is 59.7 Å². The highest BCUT2D eigenvalue weighted by molar-refractivity contribution is 6.01. The molecule has 0 saturated heterocycles. The third-order valence-corrected chi connectivity index (χ3v) is 5.02. The number of amides is 1. The van der Waals surface area contributed by atoms with Crippen molar-refractivity contribution < 1.29 is 19.1 Å². The van der Waals surface area contributed by atoms with E-state index in [1.807, 2.05) is 53.4 Å². The smallest absolute Gasteiger partial charge is 0.223 e. The fourth-order valence-corrected chi connectivity index (χ4v) is 3.45. The molecule has 1 heterocycles. The zero-order valence-corrected chi connectivity index (χ0v) is 18.1. The Morgan fingerprint density at radius 3 is 2.53 bits per heavy atom. The van der Waals surface area contributed by atoms with Crippen LogP contribution in [0.25, 0.3) is 0 Å². The van der Waals surface area contributed by atoms with Gasteiger partial charge in [0.1, 0.15) is 11.5 Å². The maximum atomic E-state index is 12.9. The molecular formula is C24H30N2O4. The van der Waals surface area contributed by atoms with Gasteiger partial charge in [0, 0.05) is 19.4 Å². The number of nitrogens with zero attached hydrogens (tertiary/aromatic N) is 2. The van der Waals surface area contributed by atoms with Crippen LogP contribution < -0.4 is 9.47 Å². The fraction of sp³-hybridized carbons (Fsp3) is 0.417. The van der Waals surface area contributed by atoms with Gasteiger partial charge in [0.25, 0.3) is 0 Å². The molecule has 3 rings (SSSR count). The molecule has 2 aromatic carbocycles. The molecule has 1 aliphatic rings. The van der Waals surface area contributed by atoms with E-state index in [2.05, 4.69) is 19.0 Å². The van der Waals surface area contributed by atoms with Crippen molar-refractivity contribution in [1.82, 2.24) is 4.90 Å². The number of rotatable bonds is 9. The van der Waals surface area contributed by atoms with E-state index in [1.165, 1.54) is 0 Å². The largest absolute Gasteiger partial charge is 0.497 e. The lowest BCUT2D eigenvalue weighted by molar-refractivity contribution is -0.134. The molecule has 1 amide bonds. The average molecular weight is 411 g/mol. The number of oxime groups is 1. The Labute approximate surface area is 178 Å². The first kappa shape index (κ1) is 21.7. The van der Waals surface area contributed by atoms with Gasteiger partial charge in [-0.3, -0.25) is 4.79 Å². The quantitative estimate of drug-likeness (QED) is 0.619. The van der Waals surface area contributed by atoms with Gasteiger partial charge in [0.2, 0.25) is 5.91 Å². The second-order valence-electron chi connectivity index (χ2n) is 7.92. The molecule has 0 saturated carbocycles. The first-order chi connectivity index (χ1) is 14.5. The Bertz CT molecular complexity index is 877. The molecule has 0 N–H and O–H groups in total. The third kappa shape index (κ3) is 5.75. The summed E-state index contributed by atoms with van der Waals surface area (Å²) < 4.78 is 10.5. The lowest BCUT2D eigenvalue weighted by atomic mass is 10.0. The molecule has 0 spiro atoms. The van der Waals surface area contributed by atoms with Crippen LogP contribution in [0.5, 0.6) is 11.5 Å². The second-order valence-corrected chi connectivity index (χ2v) is 7.92. The highest BCUT2D eigenvalue weighted by Gasteiger charge is 2.27. The van der Waals surface area contributed by atoms with Gasteiger partial charge in [-0.15, -0.1) is 0 Å². The minimum Gasteiger partial charge on any atom is -0.497 e.